The van der Waals surface area contributed by atoms with Gasteiger partial charge in [-0.15, -0.1) is 23.1 Å². The van der Waals surface area contributed by atoms with Crippen LogP contribution in [0, 0.1) is 17.8 Å². The van der Waals surface area contributed by atoms with Crippen molar-refractivity contribution in [2.75, 3.05) is 5.32 Å². The maximum atomic E-state index is 13.1. The Morgan fingerprint density at radius 1 is 1.16 bits per heavy atom. The highest BCUT2D eigenvalue weighted by Gasteiger charge is 2.55. The molecule has 3 aliphatic rings. The van der Waals surface area contributed by atoms with Gasteiger partial charge in [0.05, 0.1) is 15.1 Å². The molecule has 3 aromatic rings. The number of benzene rings is 1. The third-order valence-corrected chi connectivity index (χ3v) is 11.6. The third kappa shape index (κ3) is 3.48. The number of thioether (sulfide) groups is 1. The van der Waals surface area contributed by atoms with Crippen molar-refractivity contribution >= 4 is 69.2 Å². The highest BCUT2D eigenvalue weighted by molar-refractivity contribution is 8.00. The van der Waals surface area contributed by atoms with Gasteiger partial charge in [-0.25, -0.2) is 0 Å². The Hall–Kier alpha value is -1.25. The van der Waals surface area contributed by atoms with Crippen LogP contribution in [0.1, 0.15) is 34.9 Å². The topological polar surface area (TPSA) is 51.1 Å². The van der Waals surface area contributed by atoms with Gasteiger partial charge in [0.2, 0.25) is 5.91 Å². The molecule has 5 unspecified atom stereocenters. The van der Waals surface area contributed by atoms with Gasteiger partial charge in [0, 0.05) is 26.6 Å². The first-order valence-electron chi connectivity index (χ1n) is 10.7. The third-order valence-electron chi connectivity index (χ3n) is 7.05. The van der Waals surface area contributed by atoms with Gasteiger partial charge < -0.3 is 5.32 Å². The minimum Gasteiger partial charge on any atom is -0.324 e. The number of aromatic nitrogens is 1. The summed E-state index contributed by atoms with van der Waals surface area (Å²) in [5, 5.41) is 7.32. The number of nitrogens with zero attached hydrogens (tertiary/aromatic N) is 1. The van der Waals surface area contributed by atoms with Crippen molar-refractivity contribution in [2.45, 2.75) is 42.0 Å². The van der Waals surface area contributed by atoms with Crippen molar-refractivity contribution in [1.29, 1.82) is 0 Å². The molecule has 9 heteroatoms. The lowest BCUT2D eigenvalue weighted by atomic mass is 9.77. The zero-order chi connectivity index (χ0) is 22.0. The van der Waals surface area contributed by atoms with Gasteiger partial charge in [-0.1, -0.05) is 40.6 Å². The van der Waals surface area contributed by atoms with Crippen molar-refractivity contribution in [3.63, 3.8) is 0 Å². The molecule has 2 saturated carbocycles. The standard InChI is InChI=1S/C23H20Cl2N2O2S3/c24-14-6-5-13(9-15(14)25)26-17(28)10-27-22-21(32-23(27)29)19(16-2-1-7-30-16)18-11-3-4-12(8-11)20(18)31-22/h1-2,5-7,9,11-12,18-20H,3-4,8,10H2,(H,26,28). The van der Waals surface area contributed by atoms with Crippen LogP contribution >= 0.6 is 57.6 Å². The molecule has 1 N–H and O–H groups in total. The minimum absolute atomic E-state index is 0.000550. The average molecular weight is 524 g/mol. The van der Waals surface area contributed by atoms with Crippen LogP contribution in [0.2, 0.25) is 10.0 Å². The maximum Gasteiger partial charge on any atom is 0.308 e. The first kappa shape index (κ1) is 21.3. The summed E-state index contributed by atoms with van der Waals surface area (Å²) in [5.74, 6) is 2.11. The second kappa shape index (κ2) is 8.20. The molecule has 1 aliphatic heterocycles. The molecule has 1 aromatic carbocycles. The van der Waals surface area contributed by atoms with Crippen LogP contribution in [0.25, 0.3) is 0 Å². The number of halogens is 2. The van der Waals surface area contributed by atoms with Crippen molar-refractivity contribution < 1.29 is 4.79 Å². The maximum absolute atomic E-state index is 13.1. The zero-order valence-corrected chi connectivity index (χ0v) is 20.9. The van der Waals surface area contributed by atoms with Crippen LogP contribution in [-0.2, 0) is 11.3 Å². The quantitative estimate of drug-likeness (QED) is 0.421. The number of amides is 1. The van der Waals surface area contributed by atoms with Crippen LogP contribution < -0.4 is 10.2 Å². The van der Waals surface area contributed by atoms with E-state index in [0.29, 0.717) is 26.9 Å². The summed E-state index contributed by atoms with van der Waals surface area (Å²) in [7, 11) is 0. The Kier molecular flexibility index (Phi) is 5.46. The summed E-state index contributed by atoms with van der Waals surface area (Å²) in [4.78, 5) is 28.3. The SMILES string of the molecule is O=C(Cn1c2c(sc1=O)C(c1cccs1)C1C3CCC(C3)C1S2)Nc1ccc(Cl)c(Cl)c1. The molecular formula is C23H20Cl2N2O2S3. The van der Waals surface area contributed by atoms with E-state index in [9.17, 15) is 9.59 Å². The van der Waals surface area contributed by atoms with Gasteiger partial charge in [0.25, 0.3) is 0 Å². The van der Waals surface area contributed by atoms with Crippen molar-refractivity contribution in [1.82, 2.24) is 4.57 Å². The van der Waals surface area contributed by atoms with Crippen LogP contribution in [0.5, 0.6) is 0 Å². The molecule has 2 aromatic heterocycles. The minimum atomic E-state index is -0.241. The first-order valence-corrected chi connectivity index (χ1v) is 14.0. The van der Waals surface area contributed by atoms with Crippen LogP contribution in [0.3, 0.4) is 0 Å². The molecule has 2 fully saturated rings. The summed E-state index contributed by atoms with van der Waals surface area (Å²) >= 11 is 17.0. The molecule has 2 aliphatic carbocycles. The number of hydrogen-bond donors (Lipinski definition) is 1. The molecule has 5 atom stereocenters. The smallest absolute Gasteiger partial charge is 0.308 e. The average Bonchev–Trinajstić information content (AvgIpc) is 3.55. The molecular weight excluding hydrogens is 503 g/mol. The molecule has 4 nitrogen and oxygen atoms in total. The van der Waals surface area contributed by atoms with Gasteiger partial charge >= 0.3 is 4.87 Å². The monoisotopic (exact) mass is 522 g/mol. The fourth-order valence-electron chi connectivity index (χ4n) is 5.79. The number of thiazole rings is 1. The van der Waals surface area contributed by atoms with E-state index in [2.05, 4.69) is 22.8 Å². The Labute approximate surface area is 207 Å². The molecule has 1 amide bonds. The van der Waals surface area contributed by atoms with Gasteiger partial charge in [-0.3, -0.25) is 14.2 Å². The van der Waals surface area contributed by atoms with E-state index in [1.54, 1.807) is 34.1 Å². The summed E-state index contributed by atoms with van der Waals surface area (Å²) in [6, 6.07) is 9.29. The number of thiophene rings is 1. The molecule has 32 heavy (non-hydrogen) atoms. The van der Waals surface area contributed by atoms with Gasteiger partial charge in [0.1, 0.15) is 6.54 Å². The van der Waals surface area contributed by atoms with Crippen molar-refractivity contribution in [2.24, 2.45) is 17.8 Å². The number of rotatable bonds is 4. The van der Waals surface area contributed by atoms with E-state index >= 15 is 0 Å². The normalized spacial score (nSPS) is 27.9. The lowest BCUT2D eigenvalue weighted by Crippen LogP contribution is -2.34. The number of carbonyl (C=O) groups excluding carboxylic acids is 1. The van der Waals surface area contributed by atoms with Gasteiger partial charge in [0.15, 0.2) is 0 Å². The van der Waals surface area contributed by atoms with E-state index in [4.69, 9.17) is 23.2 Å². The number of hydrogen-bond acceptors (Lipinski definition) is 5. The predicted molar refractivity (Wildman–Crippen MR) is 134 cm³/mol. The highest BCUT2D eigenvalue weighted by atomic mass is 35.5. The van der Waals surface area contributed by atoms with E-state index in [-0.39, 0.29) is 23.2 Å². The van der Waals surface area contributed by atoms with Gasteiger partial charge in [-0.2, -0.15) is 0 Å². The molecule has 0 saturated heterocycles. The van der Waals surface area contributed by atoms with Crippen LogP contribution in [0.15, 0.2) is 45.5 Å². The highest BCUT2D eigenvalue weighted by Crippen LogP contribution is 2.64. The van der Waals surface area contributed by atoms with Crippen molar-refractivity contribution in [3.8, 4) is 0 Å². The molecule has 3 heterocycles. The number of fused-ring (bicyclic) bond motifs is 6. The number of anilines is 1. The second-order valence-corrected chi connectivity index (χ2v) is 12.7. The Morgan fingerprint density at radius 3 is 2.78 bits per heavy atom. The molecule has 0 spiro atoms. The van der Waals surface area contributed by atoms with Crippen LogP contribution in [0.4, 0.5) is 5.69 Å². The lowest BCUT2D eigenvalue weighted by molar-refractivity contribution is -0.116. The molecule has 6 rings (SSSR count). The zero-order valence-electron chi connectivity index (χ0n) is 16.9. The summed E-state index contributed by atoms with van der Waals surface area (Å²) < 4.78 is 1.68. The van der Waals surface area contributed by atoms with Crippen LogP contribution in [-0.4, -0.2) is 15.7 Å². The van der Waals surface area contributed by atoms with E-state index in [1.165, 1.54) is 35.5 Å². The summed E-state index contributed by atoms with van der Waals surface area (Å²) in [6.07, 6.45) is 3.91. The van der Waals surface area contributed by atoms with Crippen molar-refractivity contribution in [3.05, 3.63) is 65.2 Å². The summed E-state index contributed by atoms with van der Waals surface area (Å²) in [6.45, 7) is 0.000550. The number of carbonyl (C=O) groups is 1. The van der Waals surface area contributed by atoms with Gasteiger partial charge in [-0.05, 0) is 66.7 Å². The number of nitrogens with one attached hydrogen (secondary N) is 1. The molecule has 0 radical (unpaired) electrons. The second-order valence-electron chi connectivity index (χ2n) is 8.79. The van der Waals surface area contributed by atoms with E-state index in [1.807, 2.05) is 11.8 Å². The summed E-state index contributed by atoms with van der Waals surface area (Å²) in [5.41, 5.74) is 0.568. The lowest BCUT2D eigenvalue weighted by Gasteiger charge is -2.40. The first-order chi connectivity index (χ1) is 15.5. The Morgan fingerprint density at radius 2 is 2.00 bits per heavy atom. The Balaban J connectivity index is 1.33. The molecule has 166 valence electrons. The largest absolute Gasteiger partial charge is 0.324 e. The van der Waals surface area contributed by atoms with E-state index in [0.717, 1.165) is 21.7 Å². The molecule has 2 bridgehead atoms. The fourth-order valence-corrected chi connectivity index (χ4v) is 10.2. The predicted octanol–water partition coefficient (Wildman–Crippen LogP) is 6.57. The fraction of sp³-hybridized carbons (Fsp3) is 0.391. The Bertz CT molecular complexity index is 1250. The van der Waals surface area contributed by atoms with E-state index < -0.39 is 0 Å².